The summed E-state index contributed by atoms with van der Waals surface area (Å²) in [7, 11) is 0. The average molecular weight is 173 g/mol. The lowest BCUT2D eigenvalue weighted by molar-refractivity contribution is -0.193. The van der Waals surface area contributed by atoms with Gasteiger partial charge >= 0.3 is 5.97 Å². The Bertz CT molecular complexity index is 179. The van der Waals surface area contributed by atoms with E-state index in [-0.39, 0.29) is 12.2 Å². The van der Waals surface area contributed by atoms with Crippen molar-refractivity contribution in [1.29, 1.82) is 0 Å². The maximum atomic E-state index is 11.2. The van der Waals surface area contributed by atoms with Crippen LogP contribution in [0.25, 0.3) is 0 Å². The molecule has 0 bridgehead atoms. The Morgan fingerprint density at radius 2 is 2.08 bits per heavy atom. The van der Waals surface area contributed by atoms with Crippen LogP contribution in [-0.2, 0) is 14.3 Å². The lowest BCUT2D eigenvalue weighted by Gasteiger charge is -2.33. The highest BCUT2D eigenvalue weighted by Crippen LogP contribution is 2.20. The lowest BCUT2D eigenvalue weighted by Crippen LogP contribution is -2.49. The van der Waals surface area contributed by atoms with E-state index in [1.54, 1.807) is 0 Å². The zero-order chi connectivity index (χ0) is 9.35. The summed E-state index contributed by atoms with van der Waals surface area (Å²) < 4.78 is 10.0. The molecule has 4 nitrogen and oxygen atoms in total. The molecule has 2 atom stereocenters. The van der Waals surface area contributed by atoms with E-state index in [4.69, 9.17) is 15.2 Å². The van der Waals surface area contributed by atoms with Gasteiger partial charge in [0, 0.05) is 6.42 Å². The second kappa shape index (κ2) is 3.03. The summed E-state index contributed by atoms with van der Waals surface area (Å²) in [6, 6.07) is 0. The molecular weight excluding hydrogens is 158 g/mol. The molecule has 2 unspecified atom stereocenters. The van der Waals surface area contributed by atoms with Crippen LogP contribution in [0.3, 0.4) is 0 Å². The van der Waals surface area contributed by atoms with E-state index in [1.807, 2.05) is 20.8 Å². The molecule has 2 N–H and O–H groups in total. The zero-order valence-electron chi connectivity index (χ0n) is 7.66. The van der Waals surface area contributed by atoms with Gasteiger partial charge in [-0.05, 0) is 20.8 Å². The maximum absolute atomic E-state index is 11.2. The first kappa shape index (κ1) is 9.48. The number of hydrogen-bond acceptors (Lipinski definition) is 4. The van der Waals surface area contributed by atoms with Crippen LogP contribution in [-0.4, -0.2) is 23.9 Å². The Hall–Kier alpha value is -0.610. The molecule has 1 heterocycles. The van der Waals surface area contributed by atoms with Gasteiger partial charge in [-0.1, -0.05) is 0 Å². The fraction of sp³-hybridized carbons (Fsp3) is 0.875. The monoisotopic (exact) mass is 173 g/mol. The molecule has 0 amide bonds. The topological polar surface area (TPSA) is 61.5 Å². The summed E-state index contributed by atoms with van der Waals surface area (Å²) in [6.45, 7) is 5.47. The zero-order valence-corrected chi connectivity index (χ0v) is 7.66. The predicted molar refractivity (Wildman–Crippen MR) is 43.3 cm³/mol. The fourth-order valence-corrected chi connectivity index (χ4v) is 0.930. The lowest BCUT2D eigenvalue weighted by atomic mass is 10.1. The van der Waals surface area contributed by atoms with Gasteiger partial charge in [0.1, 0.15) is 11.8 Å². The highest BCUT2D eigenvalue weighted by Gasteiger charge is 2.36. The quantitative estimate of drug-likeness (QED) is 0.583. The number of hydrogen-bond donors (Lipinski definition) is 1. The minimum Gasteiger partial charge on any atom is -0.458 e. The molecule has 0 aromatic rings. The SMILES string of the molecule is CC(C)(C)OC(=O)C1CC(N)O1. The normalized spacial score (nSPS) is 29.3. The molecule has 0 aromatic carbocycles. The summed E-state index contributed by atoms with van der Waals surface area (Å²) in [5.74, 6) is -0.316. The van der Waals surface area contributed by atoms with E-state index in [2.05, 4.69) is 0 Å². The summed E-state index contributed by atoms with van der Waals surface area (Å²) in [5.41, 5.74) is 4.90. The van der Waals surface area contributed by atoms with Crippen molar-refractivity contribution in [1.82, 2.24) is 0 Å². The average Bonchev–Trinajstić information content (AvgIpc) is 1.76. The number of carbonyl (C=O) groups is 1. The maximum Gasteiger partial charge on any atom is 0.336 e. The number of esters is 1. The number of ether oxygens (including phenoxy) is 2. The van der Waals surface area contributed by atoms with Crippen molar-refractivity contribution in [3.63, 3.8) is 0 Å². The Labute approximate surface area is 72.0 Å². The Morgan fingerprint density at radius 1 is 1.58 bits per heavy atom. The van der Waals surface area contributed by atoms with Crippen LogP contribution in [0.5, 0.6) is 0 Å². The first-order valence-corrected chi connectivity index (χ1v) is 4.02. The van der Waals surface area contributed by atoms with Crippen molar-refractivity contribution in [3.05, 3.63) is 0 Å². The first-order valence-electron chi connectivity index (χ1n) is 4.02. The van der Waals surface area contributed by atoms with Crippen LogP contribution in [0.15, 0.2) is 0 Å². The number of carbonyl (C=O) groups excluding carboxylic acids is 1. The molecule has 0 spiro atoms. The van der Waals surface area contributed by atoms with E-state index in [0.717, 1.165) is 0 Å². The highest BCUT2D eigenvalue weighted by molar-refractivity contribution is 5.76. The van der Waals surface area contributed by atoms with Gasteiger partial charge in [0.25, 0.3) is 0 Å². The van der Waals surface area contributed by atoms with Gasteiger partial charge in [0.15, 0.2) is 6.10 Å². The minimum atomic E-state index is -0.445. The van der Waals surface area contributed by atoms with Crippen LogP contribution in [0.2, 0.25) is 0 Å². The molecule has 1 aliphatic rings. The van der Waals surface area contributed by atoms with Crippen LogP contribution in [0, 0.1) is 0 Å². The van der Waals surface area contributed by atoms with Gasteiger partial charge in [0.05, 0.1) is 0 Å². The van der Waals surface area contributed by atoms with Crippen molar-refractivity contribution >= 4 is 5.97 Å². The van der Waals surface area contributed by atoms with Gasteiger partial charge in [0.2, 0.25) is 0 Å². The molecule has 0 saturated carbocycles. The van der Waals surface area contributed by atoms with Gasteiger partial charge in [-0.15, -0.1) is 0 Å². The van der Waals surface area contributed by atoms with Crippen LogP contribution in [0.1, 0.15) is 27.2 Å². The molecule has 1 fully saturated rings. The second-order valence-corrected chi connectivity index (χ2v) is 3.93. The van der Waals surface area contributed by atoms with Crippen LogP contribution in [0.4, 0.5) is 0 Å². The van der Waals surface area contributed by atoms with Crippen molar-refractivity contribution in [2.75, 3.05) is 0 Å². The summed E-state index contributed by atoms with van der Waals surface area (Å²) in [6.07, 6.45) is -0.170. The highest BCUT2D eigenvalue weighted by atomic mass is 16.6. The summed E-state index contributed by atoms with van der Waals surface area (Å²) in [4.78, 5) is 11.2. The molecule has 12 heavy (non-hydrogen) atoms. The van der Waals surface area contributed by atoms with Gasteiger partial charge < -0.3 is 15.2 Å². The van der Waals surface area contributed by atoms with Crippen molar-refractivity contribution in [2.45, 2.75) is 45.1 Å². The van der Waals surface area contributed by atoms with Crippen LogP contribution >= 0.6 is 0 Å². The summed E-state index contributed by atoms with van der Waals surface area (Å²) in [5, 5.41) is 0. The van der Waals surface area contributed by atoms with Gasteiger partial charge in [-0.25, -0.2) is 4.79 Å². The molecule has 70 valence electrons. The van der Waals surface area contributed by atoms with E-state index in [1.165, 1.54) is 0 Å². The summed E-state index contributed by atoms with van der Waals surface area (Å²) >= 11 is 0. The molecule has 1 rings (SSSR count). The van der Waals surface area contributed by atoms with Crippen molar-refractivity contribution < 1.29 is 14.3 Å². The van der Waals surface area contributed by atoms with Gasteiger partial charge in [-0.3, -0.25) is 0 Å². The molecule has 1 aliphatic heterocycles. The molecule has 0 radical (unpaired) electrons. The minimum absolute atomic E-state index is 0.289. The third-order valence-electron chi connectivity index (χ3n) is 1.46. The standard InChI is InChI=1S/C8H15NO3/c1-8(2,3)12-7(10)5-4-6(9)11-5/h5-6H,4,9H2,1-3H3. The largest absolute Gasteiger partial charge is 0.458 e. The molecule has 1 saturated heterocycles. The Balaban J connectivity index is 2.30. The van der Waals surface area contributed by atoms with E-state index < -0.39 is 11.7 Å². The van der Waals surface area contributed by atoms with E-state index >= 15 is 0 Å². The van der Waals surface area contributed by atoms with Gasteiger partial charge in [-0.2, -0.15) is 0 Å². The van der Waals surface area contributed by atoms with Crippen molar-refractivity contribution in [2.24, 2.45) is 5.73 Å². The first-order chi connectivity index (χ1) is 5.38. The molecule has 0 aromatic heterocycles. The predicted octanol–water partition coefficient (Wildman–Crippen LogP) is 0.402. The van der Waals surface area contributed by atoms with E-state index in [0.29, 0.717) is 6.42 Å². The third kappa shape index (κ3) is 2.46. The van der Waals surface area contributed by atoms with E-state index in [9.17, 15) is 4.79 Å². The second-order valence-electron chi connectivity index (χ2n) is 3.93. The number of rotatable bonds is 1. The molecule has 4 heteroatoms. The Kier molecular flexibility index (Phi) is 2.39. The smallest absolute Gasteiger partial charge is 0.336 e. The number of nitrogens with two attached hydrogens (primary N) is 1. The fourth-order valence-electron chi connectivity index (χ4n) is 0.930. The third-order valence-corrected chi connectivity index (χ3v) is 1.46. The Morgan fingerprint density at radius 3 is 2.42 bits per heavy atom. The molecule has 0 aliphatic carbocycles. The molecular formula is C8H15NO3. The van der Waals surface area contributed by atoms with Crippen LogP contribution < -0.4 is 5.73 Å². The van der Waals surface area contributed by atoms with Crippen molar-refractivity contribution in [3.8, 4) is 0 Å².